The van der Waals surface area contributed by atoms with Crippen LogP contribution in [0.5, 0.6) is 0 Å². The number of carbonyl (C=O) groups is 4. The summed E-state index contributed by atoms with van der Waals surface area (Å²) >= 11 is 0. The van der Waals surface area contributed by atoms with Gasteiger partial charge in [-0.2, -0.15) is 0 Å². The van der Waals surface area contributed by atoms with Crippen molar-refractivity contribution >= 4 is 45.3 Å². The van der Waals surface area contributed by atoms with Gasteiger partial charge in [0.15, 0.2) is 0 Å². The van der Waals surface area contributed by atoms with Gasteiger partial charge in [-0.3, -0.25) is 9.59 Å². The highest BCUT2D eigenvalue weighted by Gasteiger charge is 2.31. The zero-order valence-corrected chi connectivity index (χ0v) is 31.1. The quantitative estimate of drug-likeness (QED) is 0.162. The normalized spacial score (nSPS) is 13.3. The number of hydrogen-bond acceptors (Lipinski definition) is 8. The third-order valence-electron chi connectivity index (χ3n) is 6.55. The third-order valence-corrected chi connectivity index (χ3v) is 9.00. The Balaban J connectivity index is 2.36. The summed E-state index contributed by atoms with van der Waals surface area (Å²) < 4.78 is 11.2. The first kappa shape index (κ1) is 39.2. The second-order valence-electron chi connectivity index (χ2n) is 14.4. The molecular weight excluding hydrogens is 621 g/mol. The van der Waals surface area contributed by atoms with Crippen molar-refractivity contribution in [3.63, 3.8) is 0 Å². The van der Waals surface area contributed by atoms with E-state index in [1.807, 2.05) is 77.9 Å². The van der Waals surface area contributed by atoms with E-state index in [1.54, 1.807) is 41.5 Å². The Labute approximate surface area is 283 Å². The monoisotopic (exact) mass is 672 g/mol. The van der Waals surface area contributed by atoms with Crippen LogP contribution in [-0.2, 0) is 19.1 Å². The number of rotatable bonds is 13. The molecule has 2 rings (SSSR count). The Morgan fingerprint density at radius 2 is 0.957 bits per heavy atom. The number of ether oxygens (including phenoxy) is 2. The molecule has 254 valence electrons. The minimum Gasteiger partial charge on any atom is -0.458 e. The molecule has 2 aromatic rings. The Hall–Kier alpha value is -2.98. The van der Waals surface area contributed by atoms with Crippen LogP contribution in [0.4, 0.5) is 0 Å². The third kappa shape index (κ3) is 12.7. The van der Waals surface area contributed by atoms with E-state index >= 15 is 0 Å². The van der Waals surface area contributed by atoms with Crippen LogP contribution >= 0.6 is 21.6 Å². The molecule has 0 heterocycles. The second kappa shape index (κ2) is 16.7. The minimum atomic E-state index is -0.798. The molecular formula is C36H52N2O6S2. The van der Waals surface area contributed by atoms with Gasteiger partial charge in [0.05, 0.1) is 11.1 Å². The van der Waals surface area contributed by atoms with E-state index in [0.29, 0.717) is 33.8 Å². The summed E-state index contributed by atoms with van der Waals surface area (Å²) in [6.07, 6.45) is 0.874. The van der Waals surface area contributed by atoms with Crippen molar-refractivity contribution in [3.05, 3.63) is 58.7 Å². The van der Waals surface area contributed by atoms with Gasteiger partial charge in [-0.1, -0.05) is 73.5 Å². The molecule has 2 aromatic carbocycles. The maximum atomic E-state index is 13.7. The lowest BCUT2D eigenvalue weighted by molar-refractivity contribution is -0.158. The fourth-order valence-electron chi connectivity index (χ4n) is 4.67. The van der Waals surface area contributed by atoms with E-state index in [1.165, 1.54) is 21.6 Å². The number of esters is 2. The standard InChI is InChI=1S/C36H52N2O6S2/c1-21(2)19-25(33(41)43-35(7,8)9)37-31(39)29-23(5)15-13-17-27(29)45-46-28-18-14-16-24(6)30(28)32(40)38-26(20-22(3)4)34(42)44-36(10,11)12/h13-18,21-22,25-26H,19-20H2,1-12H3,(H,37,39)(H,38,40)/t25-,26-/m0/s1. The first-order valence-corrected chi connectivity index (χ1v) is 17.9. The van der Waals surface area contributed by atoms with Gasteiger partial charge >= 0.3 is 11.9 Å². The number of aryl methyl sites for hydroxylation is 2. The van der Waals surface area contributed by atoms with Crippen molar-refractivity contribution in [1.29, 1.82) is 0 Å². The van der Waals surface area contributed by atoms with Gasteiger partial charge in [0.2, 0.25) is 0 Å². The molecule has 0 aliphatic rings. The van der Waals surface area contributed by atoms with Crippen LogP contribution in [-0.4, -0.2) is 47.0 Å². The number of amides is 2. The van der Waals surface area contributed by atoms with E-state index in [2.05, 4.69) is 10.6 Å². The molecule has 0 bridgehead atoms. The molecule has 8 nitrogen and oxygen atoms in total. The molecule has 0 unspecified atom stereocenters. The van der Waals surface area contributed by atoms with Crippen molar-refractivity contribution in [2.75, 3.05) is 0 Å². The SMILES string of the molecule is Cc1cccc(SSc2cccc(C)c2C(=O)N[C@@H](CC(C)C)C(=O)OC(C)(C)C)c1C(=O)N[C@@H](CC(C)C)C(=O)OC(C)(C)C. The van der Waals surface area contributed by atoms with Crippen LogP contribution in [0.1, 0.15) is 114 Å². The van der Waals surface area contributed by atoms with Gasteiger partial charge in [0, 0.05) is 9.79 Å². The van der Waals surface area contributed by atoms with Gasteiger partial charge in [-0.25, -0.2) is 9.59 Å². The topological polar surface area (TPSA) is 111 Å². The molecule has 46 heavy (non-hydrogen) atoms. The van der Waals surface area contributed by atoms with Crippen molar-refractivity contribution in [2.24, 2.45) is 11.8 Å². The van der Waals surface area contributed by atoms with E-state index in [-0.39, 0.29) is 23.7 Å². The van der Waals surface area contributed by atoms with Crippen LogP contribution in [0.25, 0.3) is 0 Å². The summed E-state index contributed by atoms with van der Waals surface area (Å²) in [6.45, 7) is 22.5. The Kier molecular flexibility index (Phi) is 14.3. The zero-order chi connectivity index (χ0) is 35.0. The van der Waals surface area contributed by atoms with E-state index in [9.17, 15) is 19.2 Å². The lowest BCUT2D eigenvalue weighted by Gasteiger charge is -2.26. The van der Waals surface area contributed by atoms with Gasteiger partial charge in [0.1, 0.15) is 23.3 Å². The molecule has 0 spiro atoms. The molecule has 0 aliphatic carbocycles. The average Bonchev–Trinajstić information content (AvgIpc) is 2.88. The fourth-order valence-corrected chi connectivity index (χ4v) is 7.16. The maximum Gasteiger partial charge on any atom is 0.329 e. The summed E-state index contributed by atoms with van der Waals surface area (Å²) in [5.41, 5.74) is 1.06. The molecule has 0 aliphatic heterocycles. The Morgan fingerprint density at radius 3 is 1.24 bits per heavy atom. The molecule has 10 heteroatoms. The molecule has 0 saturated carbocycles. The lowest BCUT2D eigenvalue weighted by Crippen LogP contribution is -2.45. The first-order chi connectivity index (χ1) is 21.2. The first-order valence-electron chi connectivity index (χ1n) is 15.8. The van der Waals surface area contributed by atoms with Crippen LogP contribution in [0, 0.1) is 25.7 Å². The van der Waals surface area contributed by atoms with Gasteiger partial charge < -0.3 is 20.1 Å². The summed E-state index contributed by atoms with van der Waals surface area (Å²) in [6, 6.07) is 9.55. The molecule has 2 amide bonds. The van der Waals surface area contributed by atoms with Gasteiger partial charge in [-0.05, 0) is 103 Å². The number of nitrogens with one attached hydrogen (secondary N) is 2. The number of benzene rings is 2. The predicted octanol–water partition coefficient (Wildman–Crippen LogP) is 8.08. The van der Waals surface area contributed by atoms with E-state index < -0.39 is 35.2 Å². The van der Waals surface area contributed by atoms with Crippen molar-refractivity contribution in [2.45, 2.75) is 129 Å². The maximum absolute atomic E-state index is 13.7. The number of carbonyl (C=O) groups excluding carboxylic acids is 4. The zero-order valence-electron chi connectivity index (χ0n) is 29.5. The predicted molar refractivity (Wildman–Crippen MR) is 187 cm³/mol. The fraction of sp³-hybridized carbons (Fsp3) is 0.556. The van der Waals surface area contributed by atoms with Gasteiger partial charge in [0.25, 0.3) is 11.8 Å². The molecule has 2 N–H and O–H groups in total. The number of hydrogen-bond donors (Lipinski definition) is 2. The van der Waals surface area contributed by atoms with Crippen LogP contribution in [0.3, 0.4) is 0 Å². The van der Waals surface area contributed by atoms with E-state index in [0.717, 1.165) is 11.1 Å². The highest BCUT2D eigenvalue weighted by Crippen LogP contribution is 2.42. The van der Waals surface area contributed by atoms with Crippen LogP contribution < -0.4 is 10.6 Å². The van der Waals surface area contributed by atoms with E-state index in [4.69, 9.17) is 9.47 Å². The van der Waals surface area contributed by atoms with Crippen molar-refractivity contribution < 1.29 is 28.7 Å². The van der Waals surface area contributed by atoms with Crippen LogP contribution in [0.15, 0.2) is 46.2 Å². The van der Waals surface area contributed by atoms with Crippen molar-refractivity contribution in [1.82, 2.24) is 10.6 Å². The molecule has 0 aromatic heterocycles. The highest BCUT2D eigenvalue weighted by atomic mass is 33.1. The average molecular weight is 673 g/mol. The summed E-state index contributed by atoms with van der Waals surface area (Å²) in [5.74, 6) is -1.36. The lowest BCUT2D eigenvalue weighted by atomic mass is 10.0. The summed E-state index contributed by atoms with van der Waals surface area (Å²) in [5, 5.41) is 5.85. The highest BCUT2D eigenvalue weighted by molar-refractivity contribution is 8.76. The molecule has 0 radical (unpaired) electrons. The molecule has 0 fully saturated rings. The minimum absolute atomic E-state index is 0.153. The smallest absolute Gasteiger partial charge is 0.329 e. The summed E-state index contributed by atoms with van der Waals surface area (Å²) in [4.78, 5) is 54.8. The van der Waals surface area contributed by atoms with Crippen molar-refractivity contribution in [3.8, 4) is 0 Å². The van der Waals surface area contributed by atoms with Gasteiger partial charge in [-0.15, -0.1) is 0 Å². The largest absolute Gasteiger partial charge is 0.458 e. The molecule has 2 atom stereocenters. The summed E-state index contributed by atoms with van der Waals surface area (Å²) in [7, 11) is 2.71. The van der Waals surface area contributed by atoms with Crippen LogP contribution in [0.2, 0.25) is 0 Å². The second-order valence-corrected chi connectivity index (χ2v) is 16.7. The Bertz CT molecular complexity index is 1290. The Morgan fingerprint density at radius 1 is 0.630 bits per heavy atom. The molecule has 0 saturated heterocycles.